The summed E-state index contributed by atoms with van der Waals surface area (Å²) in [4.78, 5) is 4.44. The highest BCUT2D eigenvalue weighted by Crippen LogP contribution is 2.19. The molecule has 0 atom stereocenters. The zero-order valence-corrected chi connectivity index (χ0v) is 9.80. The fraction of sp³-hybridized carbons (Fsp3) is 0.300. The number of nitrogens with one attached hydrogen (secondary N) is 1. The molecule has 1 N–H and O–H groups in total. The van der Waals surface area contributed by atoms with E-state index in [4.69, 9.17) is 0 Å². The molecule has 2 aromatic rings. The highest BCUT2D eigenvalue weighted by atomic mass is 79.9. The summed E-state index contributed by atoms with van der Waals surface area (Å²) in [6.07, 6.45) is 2.05. The number of fused-ring (bicyclic) bond motifs is 1. The first-order chi connectivity index (χ1) is 6.72. The second-order valence-corrected chi connectivity index (χ2v) is 4.06. The fourth-order valence-electron chi connectivity index (χ4n) is 1.50. The van der Waals surface area contributed by atoms with Crippen LogP contribution in [0.1, 0.15) is 11.4 Å². The summed E-state index contributed by atoms with van der Waals surface area (Å²) in [6.45, 7) is 2.85. The Bertz CT molecular complexity index is 462. The summed E-state index contributed by atoms with van der Waals surface area (Å²) in [5, 5.41) is 3.10. The van der Waals surface area contributed by atoms with Gasteiger partial charge in [0.15, 0.2) is 0 Å². The molecule has 0 bridgehead atoms. The third-order valence-corrected chi connectivity index (χ3v) is 2.75. The molecule has 0 saturated carbocycles. The standard InChI is InChI=1S/C10H12BrN3/c1-7-3-4-14-8(5-7)10(11)13-9(14)6-12-2/h3-5,12H,6H2,1-2H3. The van der Waals surface area contributed by atoms with E-state index < -0.39 is 0 Å². The molecule has 14 heavy (non-hydrogen) atoms. The molecule has 0 radical (unpaired) electrons. The average molecular weight is 254 g/mol. The number of hydrogen-bond acceptors (Lipinski definition) is 2. The number of imidazole rings is 1. The molecule has 74 valence electrons. The Balaban J connectivity index is 2.65. The molecule has 0 aliphatic heterocycles. The number of aryl methyl sites for hydroxylation is 1. The Morgan fingerprint density at radius 1 is 1.57 bits per heavy atom. The van der Waals surface area contributed by atoms with Gasteiger partial charge in [-0.1, -0.05) is 0 Å². The molecule has 0 aliphatic carbocycles. The first kappa shape index (κ1) is 9.68. The van der Waals surface area contributed by atoms with Crippen LogP contribution in [0.15, 0.2) is 22.9 Å². The molecule has 3 nitrogen and oxygen atoms in total. The van der Waals surface area contributed by atoms with Crippen molar-refractivity contribution >= 4 is 21.4 Å². The van der Waals surface area contributed by atoms with Gasteiger partial charge < -0.3 is 9.72 Å². The molecule has 0 spiro atoms. The van der Waals surface area contributed by atoms with Crippen molar-refractivity contribution in [3.05, 3.63) is 34.3 Å². The van der Waals surface area contributed by atoms with Gasteiger partial charge in [0.1, 0.15) is 10.4 Å². The SMILES string of the molecule is CNCc1nc(Br)c2cc(C)ccn12. The number of hydrogen-bond donors (Lipinski definition) is 1. The van der Waals surface area contributed by atoms with Gasteiger partial charge in [0.25, 0.3) is 0 Å². The Labute approximate surface area is 91.3 Å². The second kappa shape index (κ2) is 3.71. The van der Waals surface area contributed by atoms with Crippen LogP contribution in [0, 0.1) is 6.92 Å². The lowest BCUT2D eigenvalue weighted by molar-refractivity contribution is 0.754. The van der Waals surface area contributed by atoms with E-state index in [9.17, 15) is 0 Å². The molecule has 0 fully saturated rings. The highest BCUT2D eigenvalue weighted by Gasteiger charge is 2.07. The topological polar surface area (TPSA) is 29.3 Å². The lowest BCUT2D eigenvalue weighted by Crippen LogP contribution is -2.08. The first-order valence-corrected chi connectivity index (χ1v) is 5.29. The van der Waals surface area contributed by atoms with E-state index in [0.717, 1.165) is 22.5 Å². The zero-order chi connectivity index (χ0) is 10.1. The molecule has 4 heteroatoms. The van der Waals surface area contributed by atoms with Gasteiger partial charge in [0, 0.05) is 6.20 Å². The predicted molar refractivity (Wildman–Crippen MR) is 60.4 cm³/mol. The Hall–Kier alpha value is -0.870. The first-order valence-electron chi connectivity index (χ1n) is 4.50. The quantitative estimate of drug-likeness (QED) is 0.889. The smallest absolute Gasteiger partial charge is 0.132 e. The molecular weight excluding hydrogens is 242 g/mol. The summed E-state index contributed by atoms with van der Waals surface area (Å²) in [5.74, 6) is 1.02. The largest absolute Gasteiger partial charge is 0.313 e. The fourth-order valence-corrected chi connectivity index (χ4v) is 2.01. The van der Waals surface area contributed by atoms with E-state index in [1.54, 1.807) is 0 Å². The maximum Gasteiger partial charge on any atom is 0.132 e. The van der Waals surface area contributed by atoms with Crippen molar-refractivity contribution in [3.63, 3.8) is 0 Å². The van der Waals surface area contributed by atoms with Crippen LogP contribution in [-0.4, -0.2) is 16.4 Å². The Kier molecular flexibility index (Phi) is 2.56. The highest BCUT2D eigenvalue weighted by molar-refractivity contribution is 9.10. The molecule has 0 amide bonds. The van der Waals surface area contributed by atoms with Gasteiger partial charge in [0.2, 0.25) is 0 Å². The van der Waals surface area contributed by atoms with Gasteiger partial charge in [-0.25, -0.2) is 4.98 Å². The van der Waals surface area contributed by atoms with Crippen molar-refractivity contribution in [3.8, 4) is 0 Å². The van der Waals surface area contributed by atoms with Crippen LogP contribution >= 0.6 is 15.9 Å². The lowest BCUT2D eigenvalue weighted by Gasteiger charge is -2.00. The van der Waals surface area contributed by atoms with E-state index in [-0.39, 0.29) is 0 Å². The van der Waals surface area contributed by atoms with Crippen LogP contribution in [0.4, 0.5) is 0 Å². The summed E-state index contributed by atoms with van der Waals surface area (Å²) >= 11 is 3.46. The second-order valence-electron chi connectivity index (χ2n) is 3.31. The molecule has 2 rings (SSSR count). The molecular formula is C10H12BrN3. The minimum atomic E-state index is 0.774. The summed E-state index contributed by atoms with van der Waals surface area (Å²) < 4.78 is 3.00. The summed E-state index contributed by atoms with van der Waals surface area (Å²) in [6, 6.07) is 4.20. The molecule has 0 aliphatic rings. The van der Waals surface area contributed by atoms with Crippen LogP contribution in [0.5, 0.6) is 0 Å². The number of nitrogens with zero attached hydrogens (tertiary/aromatic N) is 2. The number of halogens is 1. The van der Waals surface area contributed by atoms with Crippen molar-refractivity contribution in [2.45, 2.75) is 13.5 Å². The van der Waals surface area contributed by atoms with Crippen LogP contribution < -0.4 is 5.32 Å². The average Bonchev–Trinajstić information content (AvgIpc) is 2.44. The molecule has 2 heterocycles. The summed E-state index contributed by atoms with van der Waals surface area (Å²) in [7, 11) is 1.92. The van der Waals surface area contributed by atoms with E-state index in [0.29, 0.717) is 0 Å². The van der Waals surface area contributed by atoms with Crippen molar-refractivity contribution in [2.75, 3.05) is 7.05 Å². The third kappa shape index (κ3) is 1.55. The minimum Gasteiger partial charge on any atom is -0.313 e. The Morgan fingerprint density at radius 2 is 2.36 bits per heavy atom. The van der Waals surface area contributed by atoms with Crippen molar-refractivity contribution in [1.29, 1.82) is 0 Å². The van der Waals surface area contributed by atoms with Gasteiger partial charge in [-0.15, -0.1) is 0 Å². The number of rotatable bonds is 2. The van der Waals surface area contributed by atoms with Crippen LogP contribution in [-0.2, 0) is 6.54 Å². The maximum absolute atomic E-state index is 4.44. The third-order valence-electron chi connectivity index (χ3n) is 2.16. The van der Waals surface area contributed by atoms with Gasteiger partial charge in [-0.2, -0.15) is 0 Å². The number of pyridine rings is 1. The molecule has 0 aromatic carbocycles. The van der Waals surface area contributed by atoms with Gasteiger partial charge in [-0.05, 0) is 47.6 Å². The maximum atomic E-state index is 4.44. The van der Waals surface area contributed by atoms with Gasteiger partial charge in [-0.3, -0.25) is 0 Å². The van der Waals surface area contributed by atoms with Gasteiger partial charge in [0.05, 0.1) is 12.1 Å². The lowest BCUT2D eigenvalue weighted by atomic mass is 10.3. The molecule has 2 aromatic heterocycles. The Morgan fingerprint density at radius 3 is 3.07 bits per heavy atom. The number of aromatic nitrogens is 2. The summed E-state index contributed by atoms with van der Waals surface area (Å²) in [5.41, 5.74) is 2.37. The van der Waals surface area contributed by atoms with Gasteiger partial charge >= 0.3 is 0 Å². The van der Waals surface area contributed by atoms with E-state index in [2.05, 4.69) is 55.9 Å². The molecule has 0 saturated heterocycles. The van der Waals surface area contributed by atoms with E-state index >= 15 is 0 Å². The monoisotopic (exact) mass is 253 g/mol. The zero-order valence-electron chi connectivity index (χ0n) is 8.21. The van der Waals surface area contributed by atoms with Crippen LogP contribution in [0.25, 0.3) is 5.52 Å². The predicted octanol–water partition coefficient (Wildman–Crippen LogP) is 2.12. The van der Waals surface area contributed by atoms with E-state index in [1.807, 2.05) is 7.05 Å². The molecule has 0 unspecified atom stereocenters. The van der Waals surface area contributed by atoms with E-state index in [1.165, 1.54) is 5.56 Å². The minimum absolute atomic E-state index is 0.774. The van der Waals surface area contributed by atoms with Crippen molar-refractivity contribution in [1.82, 2.24) is 14.7 Å². The van der Waals surface area contributed by atoms with Crippen molar-refractivity contribution < 1.29 is 0 Å². The van der Waals surface area contributed by atoms with Crippen molar-refractivity contribution in [2.24, 2.45) is 0 Å². The van der Waals surface area contributed by atoms with Crippen LogP contribution in [0.2, 0.25) is 0 Å². The van der Waals surface area contributed by atoms with Crippen LogP contribution in [0.3, 0.4) is 0 Å². The normalized spacial score (nSPS) is 11.1.